The number of anilines is 3. The highest BCUT2D eigenvalue weighted by atomic mass is 32.1. The third kappa shape index (κ3) is 4.18. The number of nitrogens with zero attached hydrogens (tertiary/aromatic N) is 1. The molecule has 10 aromatic rings. The van der Waals surface area contributed by atoms with Crippen LogP contribution in [-0.4, -0.2) is 0 Å². The van der Waals surface area contributed by atoms with E-state index in [0.29, 0.717) is 0 Å². The molecule has 55 heavy (non-hydrogen) atoms. The van der Waals surface area contributed by atoms with Gasteiger partial charge in [-0.1, -0.05) is 170 Å². The number of benzene rings is 9. The van der Waals surface area contributed by atoms with Gasteiger partial charge in [-0.25, -0.2) is 0 Å². The predicted molar refractivity (Wildman–Crippen MR) is 233 cm³/mol. The Morgan fingerprint density at radius 3 is 1.71 bits per heavy atom. The molecule has 0 radical (unpaired) electrons. The minimum atomic E-state index is -0.428. The van der Waals surface area contributed by atoms with Crippen LogP contribution < -0.4 is 4.90 Å². The molecule has 1 heterocycles. The first-order valence-electron chi connectivity index (χ1n) is 19.0. The van der Waals surface area contributed by atoms with Crippen LogP contribution in [0.15, 0.2) is 200 Å². The van der Waals surface area contributed by atoms with E-state index in [1.807, 2.05) is 11.3 Å². The number of thiophene rings is 1. The largest absolute Gasteiger partial charge is 0.308 e. The second kappa shape index (κ2) is 11.6. The SMILES string of the molecule is c1ccc(N(c2cccc3c2-c2ccccc2C32c3ccccc3-c3ccccc32)c2cccc3c2sc2ccccc23)c(-c2ccc3ccccc3c2)c1. The van der Waals surface area contributed by atoms with Crippen molar-refractivity contribution in [1.29, 1.82) is 0 Å². The first-order chi connectivity index (χ1) is 27.3. The van der Waals surface area contributed by atoms with Crippen LogP contribution in [0.3, 0.4) is 0 Å². The fourth-order valence-electron chi connectivity index (χ4n) is 9.88. The standard InChI is InChI=1S/C53H33NS/c1-2-16-35-33-36(32-31-34(35)15-1)37-17-6-11-27-47(37)54(49-29-13-22-41-40-20-7-12-30-50(40)55-52(41)49)48-28-14-26-46-51(48)42-21-5-10-25-45(42)53(46)43-23-8-3-18-38(43)39-19-4-9-24-44(39)53/h1-33H. The summed E-state index contributed by atoms with van der Waals surface area (Å²) in [6.45, 7) is 0. The third-order valence-corrected chi connectivity index (χ3v) is 13.3. The number of para-hydroxylation sites is 1. The van der Waals surface area contributed by atoms with E-state index < -0.39 is 5.41 Å². The second-order valence-corrected chi connectivity index (χ2v) is 15.8. The Morgan fingerprint density at radius 1 is 0.364 bits per heavy atom. The minimum Gasteiger partial charge on any atom is -0.308 e. The molecule has 256 valence electrons. The molecule has 2 aliphatic carbocycles. The van der Waals surface area contributed by atoms with Gasteiger partial charge in [0.1, 0.15) is 0 Å². The van der Waals surface area contributed by atoms with Crippen molar-refractivity contribution in [3.8, 4) is 33.4 Å². The van der Waals surface area contributed by atoms with Crippen molar-refractivity contribution in [2.24, 2.45) is 0 Å². The smallest absolute Gasteiger partial charge is 0.0726 e. The Bertz CT molecular complexity index is 3140. The molecule has 0 fully saturated rings. The molecule has 0 N–H and O–H groups in total. The first-order valence-corrected chi connectivity index (χ1v) is 19.8. The summed E-state index contributed by atoms with van der Waals surface area (Å²) in [7, 11) is 0. The lowest BCUT2D eigenvalue weighted by Gasteiger charge is -2.32. The Morgan fingerprint density at radius 2 is 0.909 bits per heavy atom. The van der Waals surface area contributed by atoms with Gasteiger partial charge < -0.3 is 4.90 Å². The summed E-state index contributed by atoms with van der Waals surface area (Å²) in [5, 5.41) is 5.07. The molecule has 1 nitrogen and oxygen atoms in total. The van der Waals surface area contributed by atoms with Crippen LogP contribution in [0.2, 0.25) is 0 Å². The monoisotopic (exact) mass is 715 g/mol. The lowest BCUT2D eigenvalue weighted by atomic mass is 9.70. The average molecular weight is 716 g/mol. The highest BCUT2D eigenvalue weighted by Crippen LogP contribution is 2.65. The molecule has 0 saturated carbocycles. The molecule has 0 atom stereocenters. The van der Waals surface area contributed by atoms with E-state index >= 15 is 0 Å². The van der Waals surface area contributed by atoms with Gasteiger partial charge in [-0.15, -0.1) is 11.3 Å². The summed E-state index contributed by atoms with van der Waals surface area (Å²) < 4.78 is 2.58. The molecule has 0 unspecified atom stereocenters. The predicted octanol–water partition coefficient (Wildman–Crippen LogP) is 14.7. The molecule has 1 aromatic heterocycles. The second-order valence-electron chi connectivity index (χ2n) is 14.8. The zero-order valence-corrected chi connectivity index (χ0v) is 30.7. The van der Waals surface area contributed by atoms with Crippen molar-refractivity contribution in [2.45, 2.75) is 5.41 Å². The van der Waals surface area contributed by atoms with Crippen LogP contribution in [0.25, 0.3) is 64.3 Å². The molecule has 2 heteroatoms. The van der Waals surface area contributed by atoms with Crippen molar-refractivity contribution >= 4 is 59.3 Å². The molecule has 0 aliphatic heterocycles. The molecule has 0 amide bonds. The van der Waals surface area contributed by atoms with Gasteiger partial charge >= 0.3 is 0 Å². The average Bonchev–Trinajstić information content (AvgIpc) is 3.89. The summed E-state index contributed by atoms with van der Waals surface area (Å²) >= 11 is 1.89. The van der Waals surface area contributed by atoms with Crippen LogP contribution in [0, 0.1) is 0 Å². The van der Waals surface area contributed by atoms with Crippen LogP contribution >= 0.6 is 11.3 Å². The summed E-state index contributed by atoms with van der Waals surface area (Å²) in [6, 6.07) is 74.5. The lowest BCUT2D eigenvalue weighted by molar-refractivity contribution is 0.794. The summed E-state index contributed by atoms with van der Waals surface area (Å²) in [5.74, 6) is 0. The van der Waals surface area contributed by atoms with E-state index in [0.717, 1.165) is 5.69 Å². The molecule has 0 saturated heterocycles. The maximum atomic E-state index is 2.57. The van der Waals surface area contributed by atoms with Crippen LogP contribution in [0.4, 0.5) is 17.1 Å². The molecule has 0 bridgehead atoms. The topological polar surface area (TPSA) is 3.24 Å². The van der Waals surface area contributed by atoms with Crippen LogP contribution in [0.5, 0.6) is 0 Å². The van der Waals surface area contributed by atoms with Gasteiger partial charge in [-0.05, 0) is 85.6 Å². The summed E-state index contributed by atoms with van der Waals surface area (Å²) in [4.78, 5) is 2.57. The zero-order chi connectivity index (χ0) is 36.1. The molecule has 2 aliphatic rings. The molecule has 12 rings (SSSR count). The van der Waals surface area contributed by atoms with Gasteiger partial charge in [0, 0.05) is 26.6 Å². The Hall–Kier alpha value is -6.74. The highest BCUT2D eigenvalue weighted by Gasteiger charge is 2.52. The maximum Gasteiger partial charge on any atom is 0.0726 e. The Kier molecular flexibility index (Phi) is 6.49. The number of hydrogen-bond acceptors (Lipinski definition) is 2. The zero-order valence-electron chi connectivity index (χ0n) is 29.9. The van der Waals surface area contributed by atoms with E-state index in [1.54, 1.807) is 0 Å². The van der Waals surface area contributed by atoms with Crippen molar-refractivity contribution in [2.75, 3.05) is 4.90 Å². The first kappa shape index (κ1) is 30.7. The fourth-order valence-corrected chi connectivity index (χ4v) is 11.1. The van der Waals surface area contributed by atoms with Gasteiger partial charge in [-0.3, -0.25) is 0 Å². The molecule has 1 spiro atoms. The fraction of sp³-hybridized carbons (Fsp3) is 0.0189. The quantitative estimate of drug-likeness (QED) is 0.175. The van der Waals surface area contributed by atoms with Crippen LogP contribution in [0.1, 0.15) is 22.3 Å². The highest BCUT2D eigenvalue weighted by molar-refractivity contribution is 7.26. The summed E-state index contributed by atoms with van der Waals surface area (Å²) in [5.41, 5.74) is 16.1. The van der Waals surface area contributed by atoms with E-state index in [-0.39, 0.29) is 0 Å². The Labute approximate surface area is 324 Å². The van der Waals surface area contributed by atoms with Crippen molar-refractivity contribution < 1.29 is 0 Å². The van der Waals surface area contributed by atoms with Crippen molar-refractivity contribution in [3.05, 3.63) is 222 Å². The van der Waals surface area contributed by atoms with E-state index in [1.165, 1.54) is 98.0 Å². The lowest BCUT2D eigenvalue weighted by Crippen LogP contribution is -2.26. The van der Waals surface area contributed by atoms with Gasteiger partial charge in [-0.2, -0.15) is 0 Å². The number of rotatable bonds is 4. The van der Waals surface area contributed by atoms with Gasteiger partial charge in [0.25, 0.3) is 0 Å². The van der Waals surface area contributed by atoms with Gasteiger partial charge in [0.15, 0.2) is 0 Å². The number of fused-ring (bicyclic) bond motifs is 14. The number of hydrogen-bond donors (Lipinski definition) is 0. The Balaban J connectivity index is 1.20. The van der Waals surface area contributed by atoms with Gasteiger partial charge in [0.2, 0.25) is 0 Å². The normalized spacial score (nSPS) is 13.2. The maximum absolute atomic E-state index is 2.57. The third-order valence-electron chi connectivity index (χ3n) is 12.1. The van der Waals surface area contributed by atoms with E-state index in [2.05, 4.69) is 205 Å². The minimum absolute atomic E-state index is 0.428. The molecular weight excluding hydrogens is 683 g/mol. The van der Waals surface area contributed by atoms with E-state index in [4.69, 9.17) is 0 Å². The van der Waals surface area contributed by atoms with Crippen molar-refractivity contribution in [1.82, 2.24) is 0 Å². The molecular formula is C53H33NS. The molecule has 9 aromatic carbocycles. The van der Waals surface area contributed by atoms with E-state index in [9.17, 15) is 0 Å². The van der Waals surface area contributed by atoms with Crippen molar-refractivity contribution in [3.63, 3.8) is 0 Å². The van der Waals surface area contributed by atoms with Gasteiger partial charge in [0.05, 0.1) is 27.2 Å². The van der Waals surface area contributed by atoms with Crippen LogP contribution in [-0.2, 0) is 5.41 Å². The summed E-state index contributed by atoms with van der Waals surface area (Å²) in [6.07, 6.45) is 0.